The molecular formula is C13H16INO4S. The molecule has 1 amide bonds. The van der Waals surface area contributed by atoms with Gasteiger partial charge in [0.05, 0.1) is 16.7 Å². The predicted molar refractivity (Wildman–Crippen MR) is 85.9 cm³/mol. The van der Waals surface area contributed by atoms with Gasteiger partial charge < -0.3 is 9.64 Å². The van der Waals surface area contributed by atoms with E-state index in [1.807, 2.05) is 12.1 Å². The van der Waals surface area contributed by atoms with Crippen LogP contribution in [0.2, 0.25) is 0 Å². The SMILES string of the molecule is CC(C)S(=O)(=O)CCN1C(=O)COc2ccc(I)cc21. The third kappa shape index (κ3) is 3.25. The summed E-state index contributed by atoms with van der Waals surface area (Å²) in [6.07, 6.45) is 0. The number of ether oxygens (including phenoxy) is 1. The molecule has 1 aliphatic heterocycles. The van der Waals surface area contributed by atoms with Crippen LogP contribution in [0.25, 0.3) is 0 Å². The van der Waals surface area contributed by atoms with Crippen LogP contribution in [-0.4, -0.2) is 38.5 Å². The lowest BCUT2D eigenvalue weighted by Crippen LogP contribution is -2.42. The molecule has 110 valence electrons. The van der Waals surface area contributed by atoms with Crippen LogP contribution >= 0.6 is 22.6 Å². The molecule has 0 N–H and O–H groups in total. The minimum atomic E-state index is -3.17. The maximum absolute atomic E-state index is 12.0. The Labute approximate surface area is 132 Å². The number of sulfone groups is 1. The predicted octanol–water partition coefficient (Wildman–Crippen LogP) is 1.84. The first-order chi connectivity index (χ1) is 9.31. The molecule has 0 saturated carbocycles. The van der Waals surface area contributed by atoms with Gasteiger partial charge in [-0.1, -0.05) is 0 Å². The molecular weight excluding hydrogens is 393 g/mol. The van der Waals surface area contributed by atoms with Gasteiger partial charge in [0.1, 0.15) is 5.75 Å². The second-order valence-corrected chi connectivity index (χ2v) is 8.78. The van der Waals surface area contributed by atoms with Crippen molar-refractivity contribution in [2.75, 3.05) is 23.8 Å². The summed E-state index contributed by atoms with van der Waals surface area (Å²) in [5.74, 6) is 0.367. The molecule has 0 atom stereocenters. The summed E-state index contributed by atoms with van der Waals surface area (Å²) in [5, 5.41) is -0.436. The van der Waals surface area contributed by atoms with E-state index >= 15 is 0 Å². The van der Waals surface area contributed by atoms with Crippen molar-refractivity contribution < 1.29 is 17.9 Å². The van der Waals surface area contributed by atoms with E-state index in [1.165, 1.54) is 4.90 Å². The van der Waals surface area contributed by atoms with Gasteiger partial charge in [-0.3, -0.25) is 4.79 Å². The van der Waals surface area contributed by atoms with Crippen LogP contribution in [0.3, 0.4) is 0 Å². The molecule has 0 fully saturated rings. The molecule has 0 aromatic heterocycles. The maximum atomic E-state index is 12.0. The van der Waals surface area contributed by atoms with E-state index in [0.29, 0.717) is 11.4 Å². The molecule has 0 saturated heterocycles. The number of anilines is 1. The van der Waals surface area contributed by atoms with Crippen molar-refractivity contribution in [3.8, 4) is 5.75 Å². The lowest BCUT2D eigenvalue weighted by Gasteiger charge is -2.29. The highest BCUT2D eigenvalue weighted by Crippen LogP contribution is 2.33. The van der Waals surface area contributed by atoms with Gasteiger partial charge in [0, 0.05) is 10.1 Å². The Bertz CT molecular complexity index is 627. The Kier molecular flexibility index (Phi) is 4.58. The number of fused-ring (bicyclic) bond motifs is 1. The molecule has 0 spiro atoms. The van der Waals surface area contributed by atoms with Crippen LogP contribution in [0.1, 0.15) is 13.8 Å². The Hall–Kier alpha value is -0.830. The summed E-state index contributed by atoms with van der Waals surface area (Å²) in [6, 6.07) is 5.51. The van der Waals surface area contributed by atoms with Gasteiger partial charge in [-0.2, -0.15) is 0 Å². The van der Waals surface area contributed by atoms with E-state index in [9.17, 15) is 13.2 Å². The van der Waals surface area contributed by atoms with E-state index in [-0.39, 0.29) is 24.8 Å². The lowest BCUT2D eigenvalue weighted by atomic mass is 10.2. The highest BCUT2D eigenvalue weighted by Gasteiger charge is 2.27. The van der Waals surface area contributed by atoms with Crippen molar-refractivity contribution in [1.82, 2.24) is 0 Å². The van der Waals surface area contributed by atoms with Crippen molar-refractivity contribution in [3.05, 3.63) is 21.8 Å². The first-order valence-corrected chi connectivity index (χ1v) is 9.05. The van der Waals surface area contributed by atoms with Crippen LogP contribution < -0.4 is 9.64 Å². The fourth-order valence-corrected chi connectivity index (χ4v) is 3.26. The van der Waals surface area contributed by atoms with Crippen molar-refractivity contribution in [2.45, 2.75) is 19.1 Å². The molecule has 2 rings (SSSR count). The summed E-state index contributed by atoms with van der Waals surface area (Å²) in [5.41, 5.74) is 0.645. The van der Waals surface area contributed by atoms with E-state index < -0.39 is 15.1 Å². The van der Waals surface area contributed by atoms with Gasteiger partial charge in [-0.15, -0.1) is 0 Å². The second-order valence-electron chi connectivity index (χ2n) is 4.86. The molecule has 0 radical (unpaired) electrons. The number of nitrogens with zero attached hydrogens (tertiary/aromatic N) is 1. The Morgan fingerprint density at radius 2 is 2.10 bits per heavy atom. The number of hydrogen-bond donors (Lipinski definition) is 0. The van der Waals surface area contributed by atoms with E-state index in [4.69, 9.17) is 4.74 Å². The molecule has 0 unspecified atom stereocenters. The zero-order valence-corrected chi connectivity index (χ0v) is 14.3. The zero-order valence-electron chi connectivity index (χ0n) is 11.3. The topological polar surface area (TPSA) is 63.7 Å². The minimum absolute atomic E-state index is 0.0404. The monoisotopic (exact) mass is 409 g/mol. The normalized spacial score (nSPS) is 15.2. The highest BCUT2D eigenvalue weighted by molar-refractivity contribution is 14.1. The van der Waals surface area contributed by atoms with E-state index in [0.717, 1.165) is 3.57 Å². The van der Waals surface area contributed by atoms with Gasteiger partial charge in [-0.25, -0.2) is 8.42 Å². The number of benzene rings is 1. The number of halogens is 1. The average Bonchev–Trinajstić information content (AvgIpc) is 2.37. The van der Waals surface area contributed by atoms with Crippen molar-refractivity contribution >= 4 is 44.0 Å². The van der Waals surface area contributed by atoms with Crippen molar-refractivity contribution in [3.63, 3.8) is 0 Å². The molecule has 1 heterocycles. The quantitative estimate of drug-likeness (QED) is 0.713. The molecule has 5 nitrogen and oxygen atoms in total. The zero-order chi connectivity index (χ0) is 14.9. The van der Waals surface area contributed by atoms with Crippen LogP contribution in [0, 0.1) is 3.57 Å². The number of hydrogen-bond acceptors (Lipinski definition) is 4. The molecule has 0 bridgehead atoms. The number of carbonyl (C=O) groups excluding carboxylic acids is 1. The number of rotatable bonds is 4. The maximum Gasteiger partial charge on any atom is 0.265 e. The first kappa shape index (κ1) is 15.6. The minimum Gasteiger partial charge on any atom is -0.482 e. The van der Waals surface area contributed by atoms with Crippen molar-refractivity contribution in [2.24, 2.45) is 0 Å². The lowest BCUT2D eigenvalue weighted by molar-refractivity contribution is -0.121. The van der Waals surface area contributed by atoms with Crippen LogP contribution in [0.4, 0.5) is 5.69 Å². The highest BCUT2D eigenvalue weighted by atomic mass is 127. The molecule has 1 aliphatic rings. The van der Waals surface area contributed by atoms with Crippen LogP contribution in [0.5, 0.6) is 5.75 Å². The Morgan fingerprint density at radius 3 is 2.75 bits per heavy atom. The third-order valence-corrected chi connectivity index (χ3v) is 6.04. The standard InChI is InChI=1S/C13H16INO4S/c1-9(2)20(17,18)6-5-15-11-7-10(14)3-4-12(11)19-8-13(15)16/h3-4,7,9H,5-6,8H2,1-2H3. The molecule has 7 heteroatoms. The van der Waals surface area contributed by atoms with Gasteiger partial charge >= 0.3 is 0 Å². The van der Waals surface area contributed by atoms with Gasteiger partial charge in [0.15, 0.2) is 16.4 Å². The second kappa shape index (κ2) is 5.88. The summed E-state index contributed by atoms with van der Waals surface area (Å²) in [6.45, 7) is 3.41. The average molecular weight is 409 g/mol. The fraction of sp³-hybridized carbons (Fsp3) is 0.462. The first-order valence-electron chi connectivity index (χ1n) is 6.25. The van der Waals surface area contributed by atoms with Gasteiger partial charge in [0.25, 0.3) is 5.91 Å². The Balaban J connectivity index is 2.24. The largest absolute Gasteiger partial charge is 0.482 e. The molecule has 1 aromatic carbocycles. The number of amides is 1. The van der Waals surface area contributed by atoms with Gasteiger partial charge in [-0.05, 0) is 54.6 Å². The summed E-state index contributed by atoms with van der Waals surface area (Å²) >= 11 is 2.15. The van der Waals surface area contributed by atoms with Crippen molar-refractivity contribution in [1.29, 1.82) is 0 Å². The van der Waals surface area contributed by atoms with Crippen LogP contribution in [0.15, 0.2) is 18.2 Å². The van der Waals surface area contributed by atoms with Gasteiger partial charge in [0.2, 0.25) is 0 Å². The summed E-state index contributed by atoms with van der Waals surface area (Å²) < 4.78 is 30.1. The molecule has 0 aliphatic carbocycles. The van der Waals surface area contributed by atoms with Crippen LogP contribution in [-0.2, 0) is 14.6 Å². The van der Waals surface area contributed by atoms with E-state index in [2.05, 4.69) is 22.6 Å². The smallest absolute Gasteiger partial charge is 0.265 e. The molecule has 1 aromatic rings. The Morgan fingerprint density at radius 1 is 1.40 bits per heavy atom. The summed E-state index contributed by atoms with van der Waals surface area (Å²) in [4.78, 5) is 13.5. The molecule has 20 heavy (non-hydrogen) atoms. The number of carbonyl (C=O) groups is 1. The fourth-order valence-electron chi connectivity index (χ4n) is 1.87. The third-order valence-electron chi connectivity index (χ3n) is 3.18. The summed E-state index contributed by atoms with van der Waals surface area (Å²) in [7, 11) is -3.17. The van der Waals surface area contributed by atoms with E-state index in [1.54, 1.807) is 19.9 Å².